The van der Waals surface area contributed by atoms with Gasteiger partial charge in [0.2, 0.25) is 5.82 Å². The number of esters is 1. The Morgan fingerprint density at radius 1 is 1.38 bits per heavy atom. The summed E-state index contributed by atoms with van der Waals surface area (Å²) in [5.41, 5.74) is 6.17. The minimum atomic E-state index is -0.585. The van der Waals surface area contributed by atoms with E-state index in [1.807, 2.05) is 24.3 Å². The van der Waals surface area contributed by atoms with Crippen LogP contribution in [0, 0.1) is 0 Å². The zero-order chi connectivity index (χ0) is 15.1. The van der Waals surface area contributed by atoms with E-state index in [-0.39, 0.29) is 5.82 Å². The van der Waals surface area contributed by atoms with Gasteiger partial charge in [-0.25, -0.2) is 14.8 Å². The second-order valence-electron chi connectivity index (χ2n) is 4.05. The molecule has 0 saturated heterocycles. The Bertz CT molecular complexity index is 619. The number of anilines is 2. The minimum Gasteiger partial charge on any atom is -0.492 e. The Balaban J connectivity index is 2.12. The number of nitrogens with two attached hydrogens (primary N) is 1. The third-order valence-electron chi connectivity index (χ3n) is 2.52. The number of hydrogen-bond donors (Lipinski definition) is 2. The summed E-state index contributed by atoms with van der Waals surface area (Å²) in [6.45, 7) is 0.898. The van der Waals surface area contributed by atoms with Crippen molar-refractivity contribution < 1.29 is 14.3 Å². The fourth-order valence-electron chi connectivity index (χ4n) is 1.61. The summed E-state index contributed by atoms with van der Waals surface area (Å²) in [6.07, 6.45) is 1.48. The van der Waals surface area contributed by atoms with Crippen LogP contribution in [0.2, 0.25) is 0 Å². The molecule has 2 rings (SSSR count). The highest BCUT2D eigenvalue weighted by molar-refractivity contribution is 5.85. The lowest BCUT2D eigenvalue weighted by Crippen LogP contribution is -2.10. The number of hydrogen-bond acceptors (Lipinski definition) is 7. The molecular formula is C14H16N4O3. The summed E-state index contributed by atoms with van der Waals surface area (Å²) < 4.78 is 10.0. The SMILES string of the molecule is COC(=O)c1nccc(Nc2cccc(OCCN)c2)n1. The third-order valence-corrected chi connectivity index (χ3v) is 2.52. The first-order valence-electron chi connectivity index (χ1n) is 6.34. The van der Waals surface area contributed by atoms with E-state index in [0.29, 0.717) is 24.7 Å². The van der Waals surface area contributed by atoms with Crippen molar-refractivity contribution in [3.8, 4) is 5.75 Å². The molecule has 0 bridgehead atoms. The maximum atomic E-state index is 11.4. The predicted octanol–water partition coefficient (Wildman–Crippen LogP) is 1.34. The van der Waals surface area contributed by atoms with Crippen molar-refractivity contribution in [3.63, 3.8) is 0 Å². The van der Waals surface area contributed by atoms with Crippen molar-refractivity contribution in [2.45, 2.75) is 0 Å². The predicted molar refractivity (Wildman–Crippen MR) is 77.6 cm³/mol. The van der Waals surface area contributed by atoms with E-state index in [2.05, 4.69) is 20.0 Å². The molecule has 0 unspecified atom stereocenters. The number of carbonyl (C=O) groups is 1. The monoisotopic (exact) mass is 288 g/mol. The molecule has 0 fully saturated rings. The summed E-state index contributed by atoms with van der Waals surface area (Å²) in [7, 11) is 1.28. The van der Waals surface area contributed by atoms with E-state index in [1.165, 1.54) is 13.3 Å². The first-order chi connectivity index (χ1) is 10.2. The van der Waals surface area contributed by atoms with E-state index in [1.54, 1.807) is 6.07 Å². The van der Waals surface area contributed by atoms with Crippen molar-refractivity contribution in [3.05, 3.63) is 42.4 Å². The van der Waals surface area contributed by atoms with Crippen LogP contribution < -0.4 is 15.8 Å². The van der Waals surface area contributed by atoms with Crippen LogP contribution >= 0.6 is 0 Å². The first-order valence-corrected chi connectivity index (χ1v) is 6.34. The van der Waals surface area contributed by atoms with Crippen LogP contribution in [0.5, 0.6) is 5.75 Å². The molecule has 1 aromatic carbocycles. The zero-order valence-electron chi connectivity index (χ0n) is 11.6. The van der Waals surface area contributed by atoms with Gasteiger partial charge in [-0.2, -0.15) is 0 Å². The van der Waals surface area contributed by atoms with Crippen LogP contribution in [0.3, 0.4) is 0 Å². The molecule has 21 heavy (non-hydrogen) atoms. The molecule has 7 nitrogen and oxygen atoms in total. The lowest BCUT2D eigenvalue weighted by molar-refractivity contribution is 0.0587. The van der Waals surface area contributed by atoms with Gasteiger partial charge in [-0.1, -0.05) is 6.07 Å². The number of aromatic nitrogens is 2. The molecule has 1 aromatic heterocycles. The van der Waals surface area contributed by atoms with E-state index < -0.39 is 5.97 Å². The van der Waals surface area contributed by atoms with Gasteiger partial charge in [-0.15, -0.1) is 0 Å². The molecule has 0 spiro atoms. The Morgan fingerprint density at radius 2 is 2.24 bits per heavy atom. The number of nitrogens with one attached hydrogen (secondary N) is 1. The van der Waals surface area contributed by atoms with Crippen LogP contribution in [0.25, 0.3) is 0 Å². The highest BCUT2D eigenvalue weighted by Crippen LogP contribution is 2.20. The van der Waals surface area contributed by atoms with E-state index in [9.17, 15) is 4.79 Å². The van der Waals surface area contributed by atoms with E-state index in [4.69, 9.17) is 10.5 Å². The fraction of sp³-hybridized carbons (Fsp3) is 0.214. The molecule has 0 saturated carbocycles. The van der Waals surface area contributed by atoms with Crippen LogP contribution in [-0.2, 0) is 4.74 Å². The van der Waals surface area contributed by atoms with Gasteiger partial charge in [0, 0.05) is 24.5 Å². The molecule has 7 heteroatoms. The maximum absolute atomic E-state index is 11.4. The summed E-state index contributed by atoms with van der Waals surface area (Å²) in [4.78, 5) is 19.3. The van der Waals surface area contributed by atoms with Crippen molar-refractivity contribution in [2.75, 3.05) is 25.6 Å². The van der Waals surface area contributed by atoms with E-state index in [0.717, 1.165) is 5.69 Å². The Labute approximate surface area is 122 Å². The number of rotatable bonds is 6. The Morgan fingerprint density at radius 3 is 3.00 bits per heavy atom. The van der Waals surface area contributed by atoms with Crippen molar-refractivity contribution in [1.29, 1.82) is 0 Å². The summed E-state index contributed by atoms with van der Waals surface area (Å²) >= 11 is 0. The topological polar surface area (TPSA) is 99.4 Å². The lowest BCUT2D eigenvalue weighted by atomic mass is 10.3. The van der Waals surface area contributed by atoms with Crippen LogP contribution in [0.4, 0.5) is 11.5 Å². The third kappa shape index (κ3) is 4.15. The van der Waals surface area contributed by atoms with Gasteiger partial charge in [0.1, 0.15) is 18.2 Å². The Kier molecular flexibility index (Phi) is 5.05. The van der Waals surface area contributed by atoms with Crippen LogP contribution in [0.15, 0.2) is 36.5 Å². The Hall–Kier alpha value is -2.67. The summed E-state index contributed by atoms with van der Waals surface area (Å²) in [5.74, 6) is 0.603. The quantitative estimate of drug-likeness (QED) is 0.774. The zero-order valence-corrected chi connectivity index (χ0v) is 11.6. The molecule has 1 heterocycles. The highest BCUT2D eigenvalue weighted by atomic mass is 16.5. The number of nitrogens with zero attached hydrogens (tertiary/aromatic N) is 2. The average molecular weight is 288 g/mol. The number of ether oxygens (including phenoxy) is 2. The number of carbonyl (C=O) groups excluding carboxylic acids is 1. The molecule has 0 amide bonds. The van der Waals surface area contributed by atoms with Crippen molar-refractivity contribution in [1.82, 2.24) is 9.97 Å². The van der Waals surface area contributed by atoms with Gasteiger partial charge < -0.3 is 20.5 Å². The summed E-state index contributed by atoms with van der Waals surface area (Å²) in [5, 5.41) is 3.07. The molecule has 0 radical (unpaired) electrons. The number of methoxy groups -OCH3 is 1. The number of benzene rings is 1. The van der Waals surface area contributed by atoms with Gasteiger partial charge in [0.15, 0.2) is 0 Å². The smallest absolute Gasteiger partial charge is 0.376 e. The molecule has 0 aliphatic rings. The van der Waals surface area contributed by atoms with Gasteiger partial charge >= 0.3 is 5.97 Å². The maximum Gasteiger partial charge on any atom is 0.376 e. The normalized spacial score (nSPS) is 10.0. The highest BCUT2D eigenvalue weighted by Gasteiger charge is 2.09. The second kappa shape index (κ2) is 7.20. The molecule has 2 aromatic rings. The van der Waals surface area contributed by atoms with Gasteiger partial charge in [0.05, 0.1) is 7.11 Å². The van der Waals surface area contributed by atoms with Crippen molar-refractivity contribution >= 4 is 17.5 Å². The standard InChI is InChI=1S/C14H16N4O3/c1-20-14(19)13-16-7-5-12(18-13)17-10-3-2-4-11(9-10)21-8-6-15/h2-5,7,9H,6,8,15H2,1H3,(H,16,17,18). The molecule has 3 N–H and O–H groups in total. The molecule has 110 valence electrons. The van der Waals surface area contributed by atoms with Crippen molar-refractivity contribution in [2.24, 2.45) is 5.73 Å². The first kappa shape index (κ1) is 14.7. The van der Waals surface area contributed by atoms with Crippen LogP contribution in [-0.4, -0.2) is 36.2 Å². The molecule has 0 atom stereocenters. The minimum absolute atomic E-state index is 0.00182. The molecule has 0 aliphatic heterocycles. The van der Waals surface area contributed by atoms with Gasteiger partial charge in [0.25, 0.3) is 0 Å². The summed E-state index contributed by atoms with van der Waals surface area (Å²) in [6, 6.07) is 9.00. The molecular weight excluding hydrogens is 272 g/mol. The van der Waals surface area contributed by atoms with Crippen LogP contribution in [0.1, 0.15) is 10.6 Å². The lowest BCUT2D eigenvalue weighted by Gasteiger charge is -2.09. The fourth-order valence-corrected chi connectivity index (χ4v) is 1.61. The largest absolute Gasteiger partial charge is 0.492 e. The second-order valence-corrected chi connectivity index (χ2v) is 4.05. The average Bonchev–Trinajstić information content (AvgIpc) is 2.53. The van der Waals surface area contributed by atoms with Gasteiger partial charge in [-0.3, -0.25) is 0 Å². The molecule has 0 aliphatic carbocycles. The van der Waals surface area contributed by atoms with E-state index >= 15 is 0 Å². The van der Waals surface area contributed by atoms with Gasteiger partial charge in [-0.05, 0) is 18.2 Å².